The van der Waals surface area contributed by atoms with Crippen molar-refractivity contribution in [1.29, 1.82) is 0 Å². The number of alkyl halides is 4. The van der Waals surface area contributed by atoms with Crippen LogP contribution in [0.15, 0.2) is 0 Å². The van der Waals surface area contributed by atoms with Crippen LogP contribution in [-0.4, -0.2) is 38.9 Å². The lowest BCUT2D eigenvalue weighted by atomic mass is 11.5. The van der Waals surface area contributed by atoms with Crippen LogP contribution in [0.3, 0.4) is 0 Å². The highest BCUT2D eigenvalue weighted by molar-refractivity contribution is 7.98. The molecule has 0 rings (SSSR count). The summed E-state index contributed by atoms with van der Waals surface area (Å²) in [6, 6.07) is -2.51. The molecule has 0 N–H and O–H groups in total. The Hall–Kier alpha value is -0.460. The topological polar surface area (TPSA) is 91.3 Å². The van der Waals surface area contributed by atoms with Crippen LogP contribution < -0.4 is 0 Å². The van der Waals surface area contributed by atoms with Gasteiger partial charge in [-0.15, -0.1) is 3.46 Å². The van der Waals surface area contributed by atoms with Gasteiger partial charge in [-0.2, -0.15) is 30.0 Å². The first-order chi connectivity index (χ1) is 6.31. The van der Waals surface area contributed by atoms with Gasteiger partial charge in [-0.25, -0.2) is 4.39 Å². The van der Waals surface area contributed by atoms with Gasteiger partial charge >= 0.3 is 25.6 Å². The fraction of sp³-hybridized carbons (Fsp3) is 1.00. The Morgan fingerprint density at radius 2 is 1.53 bits per heavy atom. The monoisotopic (exact) mass is 275 g/mol. The summed E-state index contributed by atoms with van der Waals surface area (Å²) in [5, 5.41) is 10.8. The van der Waals surface area contributed by atoms with Gasteiger partial charge < -0.3 is 5.21 Å². The molecule has 0 heterocycles. The predicted molar refractivity (Wildman–Crippen MR) is 39.4 cm³/mol. The largest absolute Gasteiger partial charge is 0.601 e. The number of nitrogens with zero attached hydrogens (tertiary/aromatic N) is 1. The number of hydrogen-bond acceptors (Lipinski definition) is 5. The molecule has 0 saturated heterocycles. The molecule has 12 heteroatoms. The highest BCUT2D eigenvalue weighted by Gasteiger charge is 2.60. The average molecular weight is 275 g/mol. The lowest BCUT2D eigenvalue weighted by molar-refractivity contribution is -0.589. The molecule has 6 nitrogen and oxygen atoms in total. The second kappa shape index (κ2) is 3.54. The molecule has 0 aliphatic rings. The maximum atomic E-state index is 11.8. The molecular formula is C3H5F4NO5S2. The first kappa shape index (κ1) is 14.5. The van der Waals surface area contributed by atoms with Crippen molar-refractivity contribution in [3.05, 3.63) is 5.21 Å². The highest BCUT2D eigenvalue weighted by Crippen LogP contribution is 2.33. The summed E-state index contributed by atoms with van der Waals surface area (Å²) < 4.78 is 85.4. The third-order valence-electron chi connectivity index (χ3n) is 1.37. The van der Waals surface area contributed by atoms with Gasteiger partial charge in [-0.3, -0.25) is 0 Å². The van der Waals surface area contributed by atoms with E-state index in [0.717, 1.165) is 0 Å². The molecular weight excluding hydrogens is 270 g/mol. The van der Waals surface area contributed by atoms with Crippen molar-refractivity contribution in [2.24, 2.45) is 0 Å². The van der Waals surface area contributed by atoms with E-state index in [2.05, 4.69) is 0 Å². The van der Waals surface area contributed by atoms with Crippen LogP contribution in [0.5, 0.6) is 0 Å². The molecule has 1 atom stereocenters. The maximum absolute atomic E-state index is 11.8. The number of quaternary nitrogens is 1. The van der Waals surface area contributed by atoms with Crippen molar-refractivity contribution in [3.63, 3.8) is 0 Å². The van der Waals surface area contributed by atoms with Gasteiger partial charge in [0, 0.05) is 0 Å². The van der Waals surface area contributed by atoms with Crippen molar-refractivity contribution in [3.8, 4) is 0 Å². The molecule has 0 aromatic rings. The zero-order chi connectivity index (χ0) is 12.7. The minimum atomic E-state index is -6.59. The van der Waals surface area contributed by atoms with E-state index in [9.17, 15) is 39.6 Å². The first-order valence-corrected chi connectivity index (χ1v) is 6.04. The van der Waals surface area contributed by atoms with Gasteiger partial charge in [0.05, 0.1) is 7.05 Å². The molecule has 0 spiro atoms. The van der Waals surface area contributed by atoms with Gasteiger partial charge in [0.15, 0.2) is 0 Å². The quantitative estimate of drug-likeness (QED) is 0.412. The van der Waals surface area contributed by atoms with Crippen LogP contribution in [0.25, 0.3) is 0 Å². The van der Waals surface area contributed by atoms with E-state index in [1.165, 1.54) is 0 Å². The molecule has 0 amide bonds. The average Bonchev–Trinajstić information content (AvgIpc) is 2.01. The Morgan fingerprint density at radius 3 is 1.73 bits per heavy atom. The molecule has 1 unspecified atom stereocenters. The lowest BCUT2D eigenvalue weighted by Gasteiger charge is -2.33. The van der Waals surface area contributed by atoms with Crippen LogP contribution in [0, 0.1) is 5.21 Å². The molecule has 0 bridgehead atoms. The molecule has 0 radical (unpaired) electrons. The lowest BCUT2D eigenvalue weighted by Crippen LogP contribution is -2.54. The summed E-state index contributed by atoms with van der Waals surface area (Å²) in [6.07, 6.45) is 0. The molecule has 0 aromatic carbocycles. The zero-order valence-electron chi connectivity index (χ0n) is 7.02. The van der Waals surface area contributed by atoms with Crippen LogP contribution in [0.2, 0.25) is 0 Å². The fourth-order valence-corrected chi connectivity index (χ4v) is 2.55. The SMILES string of the molecule is C[N+]([O-])(S(=O)(=O)CF)S(=O)(=O)C(F)(F)F. The molecule has 0 fully saturated rings. The van der Waals surface area contributed by atoms with E-state index < -0.39 is 35.0 Å². The summed E-state index contributed by atoms with van der Waals surface area (Å²) in [5.74, 6) is 0. The molecule has 0 saturated carbocycles. The van der Waals surface area contributed by atoms with E-state index in [1.807, 2.05) is 0 Å². The van der Waals surface area contributed by atoms with Crippen molar-refractivity contribution in [1.82, 2.24) is 0 Å². The van der Waals surface area contributed by atoms with E-state index in [4.69, 9.17) is 0 Å². The van der Waals surface area contributed by atoms with E-state index in [0.29, 0.717) is 0 Å². The second-order valence-corrected chi connectivity index (χ2v) is 6.80. The normalized spacial score (nSPS) is 18.5. The smallest absolute Gasteiger partial charge is 0.551 e. The van der Waals surface area contributed by atoms with Crippen LogP contribution in [0.4, 0.5) is 17.6 Å². The first-order valence-electron chi connectivity index (χ1n) is 2.99. The van der Waals surface area contributed by atoms with Crippen LogP contribution >= 0.6 is 0 Å². The van der Waals surface area contributed by atoms with Gasteiger partial charge in [-0.05, 0) is 0 Å². The van der Waals surface area contributed by atoms with E-state index in [-0.39, 0.29) is 7.05 Å². The van der Waals surface area contributed by atoms with Gasteiger partial charge in [0.2, 0.25) is 6.01 Å². The zero-order valence-corrected chi connectivity index (χ0v) is 8.66. The minimum Gasteiger partial charge on any atom is -0.601 e. The Bertz CT molecular complexity index is 433. The maximum Gasteiger partial charge on any atom is 0.551 e. The molecule has 92 valence electrons. The molecule has 0 aliphatic heterocycles. The third-order valence-corrected chi connectivity index (χ3v) is 5.39. The predicted octanol–water partition coefficient (Wildman–Crippen LogP) is 0.0372. The minimum absolute atomic E-state index is 0.322. The second-order valence-electron chi connectivity index (χ2n) is 2.38. The summed E-state index contributed by atoms with van der Waals surface area (Å²) in [7, 11) is -12.5. The molecule has 0 aliphatic carbocycles. The summed E-state index contributed by atoms with van der Waals surface area (Å²) in [5.41, 5.74) is -6.08. The Kier molecular flexibility index (Phi) is 3.43. The summed E-state index contributed by atoms with van der Waals surface area (Å²) in [4.78, 5) is 0. The Morgan fingerprint density at radius 1 is 1.20 bits per heavy atom. The summed E-state index contributed by atoms with van der Waals surface area (Å²) in [6.45, 7) is 0. The summed E-state index contributed by atoms with van der Waals surface area (Å²) >= 11 is 0. The Balaban J connectivity index is 5.85. The number of rotatable bonds is 3. The van der Waals surface area contributed by atoms with E-state index >= 15 is 0 Å². The number of halogens is 4. The Labute approximate surface area is 82.4 Å². The fourth-order valence-electron chi connectivity index (χ4n) is 0.426. The van der Waals surface area contributed by atoms with Crippen LogP contribution in [-0.2, 0) is 20.0 Å². The number of hydrogen-bond donors (Lipinski definition) is 0. The third kappa shape index (κ3) is 2.07. The number of sulfonamides is 2. The van der Waals surface area contributed by atoms with Crippen molar-refractivity contribution < 1.29 is 37.9 Å². The van der Waals surface area contributed by atoms with Crippen molar-refractivity contribution in [2.45, 2.75) is 5.51 Å². The molecule has 15 heavy (non-hydrogen) atoms. The van der Waals surface area contributed by atoms with Gasteiger partial charge in [0.1, 0.15) is 0 Å². The van der Waals surface area contributed by atoms with E-state index in [1.54, 1.807) is 0 Å². The highest BCUT2D eigenvalue weighted by atomic mass is 32.3. The van der Waals surface area contributed by atoms with Crippen molar-refractivity contribution >= 4 is 20.0 Å². The van der Waals surface area contributed by atoms with Gasteiger partial charge in [0.25, 0.3) is 0 Å². The molecule has 0 aromatic heterocycles. The number of hydroxylamine groups is 1. The van der Waals surface area contributed by atoms with Crippen molar-refractivity contribution in [2.75, 3.05) is 13.1 Å². The standard InChI is InChI=1S/C3H5F4NO5S2/c1-8(9,14(10,11)2-4)15(12,13)3(5,6)7/h2H2,1H3. The van der Waals surface area contributed by atoms with Crippen LogP contribution in [0.1, 0.15) is 0 Å². The van der Waals surface area contributed by atoms with Gasteiger partial charge in [-0.1, -0.05) is 0 Å².